The molecule has 0 aromatic heterocycles. The number of amides is 2. The third-order valence-corrected chi connectivity index (χ3v) is 5.33. The second kappa shape index (κ2) is 7.29. The molecule has 3 N–H and O–H groups in total. The molecule has 1 saturated heterocycles. The van der Waals surface area contributed by atoms with Gasteiger partial charge in [0.25, 0.3) is 0 Å². The zero-order valence-electron chi connectivity index (χ0n) is 13.5. The van der Waals surface area contributed by atoms with Gasteiger partial charge in [-0.25, -0.2) is 17.9 Å². The van der Waals surface area contributed by atoms with Crippen molar-refractivity contribution in [1.82, 2.24) is 10.0 Å². The van der Waals surface area contributed by atoms with E-state index in [1.807, 2.05) is 6.92 Å². The van der Waals surface area contributed by atoms with Crippen LogP contribution in [0.3, 0.4) is 0 Å². The van der Waals surface area contributed by atoms with Gasteiger partial charge in [0.1, 0.15) is 0 Å². The molecule has 0 saturated carbocycles. The summed E-state index contributed by atoms with van der Waals surface area (Å²) in [6, 6.07) is 4.11. The maximum absolute atomic E-state index is 12.1. The standard InChI is InChI=1S/C15H23N3O4S/c1-10-6-7-12(23(20,21)16-3)9-13(10)18-15(19)17-11(2)14-5-4-8-22-14/h6-7,9,11,14,16H,4-5,8H2,1-3H3,(H2,17,18,19)/t11-,14+/m0/s1. The van der Waals surface area contributed by atoms with Gasteiger partial charge in [-0.2, -0.15) is 0 Å². The van der Waals surface area contributed by atoms with Crippen LogP contribution in [-0.4, -0.2) is 40.2 Å². The van der Waals surface area contributed by atoms with Crippen molar-refractivity contribution in [2.75, 3.05) is 19.0 Å². The first kappa shape index (κ1) is 17.7. The molecule has 1 aromatic carbocycles. The number of aryl methyl sites for hydroxylation is 1. The monoisotopic (exact) mass is 341 g/mol. The van der Waals surface area contributed by atoms with Gasteiger partial charge in [0, 0.05) is 12.3 Å². The Balaban J connectivity index is 2.06. The molecule has 2 amide bonds. The Morgan fingerprint density at radius 1 is 1.39 bits per heavy atom. The summed E-state index contributed by atoms with van der Waals surface area (Å²) < 4.78 is 31.5. The summed E-state index contributed by atoms with van der Waals surface area (Å²) in [5, 5.41) is 5.53. The smallest absolute Gasteiger partial charge is 0.319 e. The van der Waals surface area contributed by atoms with Gasteiger partial charge in [0.2, 0.25) is 10.0 Å². The lowest BCUT2D eigenvalue weighted by molar-refractivity contribution is 0.0868. The first-order valence-electron chi connectivity index (χ1n) is 7.57. The van der Waals surface area contributed by atoms with Crippen LogP contribution in [0.2, 0.25) is 0 Å². The predicted octanol–water partition coefficient (Wildman–Crippen LogP) is 1.59. The van der Waals surface area contributed by atoms with Crippen molar-refractivity contribution in [3.05, 3.63) is 23.8 Å². The van der Waals surface area contributed by atoms with E-state index < -0.39 is 10.0 Å². The topological polar surface area (TPSA) is 96.5 Å². The van der Waals surface area contributed by atoms with Gasteiger partial charge in [-0.05, 0) is 51.4 Å². The van der Waals surface area contributed by atoms with Crippen LogP contribution in [0.5, 0.6) is 0 Å². The summed E-state index contributed by atoms with van der Waals surface area (Å²) in [4.78, 5) is 12.2. The fourth-order valence-corrected chi connectivity index (χ4v) is 3.23. The van der Waals surface area contributed by atoms with Crippen molar-refractivity contribution in [3.8, 4) is 0 Å². The van der Waals surface area contributed by atoms with Gasteiger partial charge >= 0.3 is 6.03 Å². The minimum Gasteiger partial charge on any atom is -0.376 e. The van der Waals surface area contributed by atoms with Crippen LogP contribution in [-0.2, 0) is 14.8 Å². The van der Waals surface area contributed by atoms with Crippen LogP contribution in [0, 0.1) is 6.92 Å². The minimum absolute atomic E-state index is 0.0258. The van der Waals surface area contributed by atoms with Gasteiger partial charge in [0.05, 0.1) is 17.0 Å². The summed E-state index contributed by atoms with van der Waals surface area (Å²) in [5.41, 5.74) is 1.23. The fraction of sp³-hybridized carbons (Fsp3) is 0.533. The molecule has 23 heavy (non-hydrogen) atoms. The zero-order chi connectivity index (χ0) is 17.0. The van der Waals surface area contributed by atoms with E-state index in [-0.39, 0.29) is 23.1 Å². The SMILES string of the molecule is CNS(=O)(=O)c1ccc(C)c(NC(=O)N[C@@H](C)[C@H]2CCCO2)c1. The molecule has 1 aliphatic rings. The van der Waals surface area contributed by atoms with Crippen LogP contribution in [0.1, 0.15) is 25.3 Å². The molecule has 0 bridgehead atoms. The first-order chi connectivity index (χ1) is 10.8. The molecule has 0 spiro atoms. The second-order valence-corrected chi connectivity index (χ2v) is 7.51. The molecule has 1 fully saturated rings. The highest BCUT2D eigenvalue weighted by Gasteiger charge is 2.24. The Morgan fingerprint density at radius 2 is 2.13 bits per heavy atom. The van der Waals surface area contributed by atoms with Gasteiger partial charge in [-0.15, -0.1) is 0 Å². The van der Waals surface area contributed by atoms with Crippen molar-refractivity contribution in [1.29, 1.82) is 0 Å². The Bertz CT molecular complexity index is 669. The van der Waals surface area contributed by atoms with Crippen LogP contribution >= 0.6 is 0 Å². The predicted molar refractivity (Wildman–Crippen MR) is 88.0 cm³/mol. The number of benzene rings is 1. The van der Waals surface area contributed by atoms with Gasteiger partial charge in [-0.3, -0.25) is 0 Å². The molecule has 8 heteroatoms. The highest BCUT2D eigenvalue weighted by molar-refractivity contribution is 7.89. The van der Waals surface area contributed by atoms with Gasteiger partial charge in [-0.1, -0.05) is 6.07 Å². The Hall–Kier alpha value is -1.64. The lowest BCUT2D eigenvalue weighted by atomic mass is 10.1. The first-order valence-corrected chi connectivity index (χ1v) is 9.05. The van der Waals surface area contributed by atoms with Crippen LogP contribution in [0.25, 0.3) is 0 Å². The molecule has 2 rings (SSSR count). The lowest BCUT2D eigenvalue weighted by Crippen LogP contribution is -2.43. The molecule has 128 valence electrons. The highest BCUT2D eigenvalue weighted by atomic mass is 32.2. The van der Waals surface area contributed by atoms with E-state index >= 15 is 0 Å². The maximum atomic E-state index is 12.1. The summed E-state index contributed by atoms with van der Waals surface area (Å²) in [5.74, 6) is 0. The van der Waals surface area contributed by atoms with Crippen LogP contribution < -0.4 is 15.4 Å². The maximum Gasteiger partial charge on any atom is 0.319 e. The molecule has 2 atom stereocenters. The Morgan fingerprint density at radius 3 is 2.74 bits per heavy atom. The van der Waals surface area contributed by atoms with Crippen LogP contribution in [0.15, 0.2) is 23.1 Å². The van der Waals surface area contributed by atoms with Crippen molar-refractivity contribution >= 4 is 21.7 Å². The number of rotatable bonds is 5. The van der Waals surface area contributed by atoms with Crippen molar-refractivity contribution in [2.24, 2.45) is 0 Å². The third-order valence-electron chi connectivity index (χ3n) is 3.92. The fourth-order valence-electron chi connectivity index (χ4n) is 2.48. The zero-order valence-corrected chi connectivity index (χ0v) is 14.4. The number of hydrogen-bond acceptors (Lipinski definition) is 4. The van der Waals surface area contributed by atoms with E-state index in [9.17, 15) is 13.2 Å². The van der Waals surface area contributed by atoms with E-state index in [0.29, 0.717) is 5.69 Å². The molecule has 1 aliphatic heterocycles. The van der Waals surface area contributed by atoms with Gasteiger partial charge in [0.15, 0.2) is 0 Å². The van der Waals surface area contributed by atoms with Crippen LogP contribution in [0.4, 0.5) is 10.5 Å². The highest BCUT2D eigenvalue weighted by Crippen LogP contribution is 2.20. The molecule has 0 radical (unpaired) electrons. The summed E-state index contributed by atoms with van der Waals surface area (Å²) in [6.07, 6.45) is 1.95. The quantitative estimate of drug-likeness (QED) is 0.758. The van der Waals surface area contributed by atoms with Gasteiger partial charge < -0.3 is 15.4 Å². The molecule has 1 heterocycles. The average Bonchev–Trinajstić information content (AvgIpc) is 3.03. The summed E-state index contributed by atoms with van der Waals surface area (Å²) in [7, 11) is -2.21. The molecule has 0 unspecified atom stereocenters. The number of anilines is 1. The van der Waals surface area contributed by atoms with E-state index in [2.05, 4.69) is 15.4 Å². The Labute approximate surface area is 136 Å². The minimum atomic E-state index is -3.55. The number of urea groups is 1. The van der Waals surface area contributed by atoms with Crippen molar-refractivity contribution in [3.63, 3.8) is 0 Å². The largest absolute Gasteiger partial charge is 0.376 e. The number of ether oxygens (including phenoxy) is 1. The molecular weight excluding hydrogens is 318 g/mol. The van der Waals surface area contributed by atoms with E-state index in [1.165, 1.54) is 19.2 Å². The summed E-state index contributed by atoms with van der Waals surface area (Å²) in [6.45, 7) is 4.42. The second-order valence-electron chi connectivity index (χ2n) is 5.62. The van der Waals surface area contributed by atoms with E-state index in [0.717, 1.165) is 25.0 Å². The molecule has 0 aliphatic carbocycles. The normalized spacial score (nSPS) is 19.3. The Kier molecular flexibility index (Phi) is 5.61. The van der Waals surface area contributed by atoms with Crippen molar-refractivity contribution in [2.45, 2.75) is 43.7 Å². The number of hydrogen-bond donors (Lipinski definition) is 3. The molecule has 1 aromatic rings. The number of carbonyl (C=O) groups excluding carboxylic acids is 1. The molecular formula is C15H23N3O4S. The van der Waals surface area contributed by atoms with Crippen molar-refractivity contribution < 1.29 is 17.9 Å². The molecule has 7 nitrogen and oxygen atoms in total. The third kappa shape index (κ3) is 4.43. The number of nitrogens with one attached hydrogen (secondary N) is 3. The number of carbonyl (C=O) groups is 1. The van der Waals surface area contributed by atoms with E-state index in [4.69, 9.17) is 4.74 Å². The van der Waals surface area contributed by atoms with E-state index in [1.54, 1.807) is 13.0 Å². The summed E-state index contributed by atoms with van der Waals surface area (Å²) >= 11 is 0. The lowest BCUT2D eigenvalue weighted by Gasteiger charge is -2.20. The average molecular weight is 341 g/mol. The number of sulfonamides is 1.